The van der Waals surface area contributed by atoms with Crippen LogP contribution in [0.25, 0.3) is 0 Å². The third-order valence-electron chi connectivity index (χ3n) is 3.10. The maximum Gasteiger partial charge on any atom is 0.331 e. The van der Waals surface area contributed by atoms with Crippen LogP contribution in [-0.4, -0.2) is 17.0 Å². The van der Waals surface area contributed by atoms with Gasteiger partial charge < -0.3 is 10.4 Å². The normalized spacial score (nSPS) is 18.4. The lowest BCUT2D eigenvalue weighted by Crippen LogP contribution is -2.37. The molecule has 1 aliphatic rings. The summed E-state index contributed by atoms with van der Waals surface area (Å²) < 4.78 is 0. The molecule has 92 valence electrons. The lowest BCUT2D eigenvalue weighted by Gasteiger charge is -2.16. The van der Waals surface area contributed by atoms with Gasteiger partial charge in [0.05, 0.1) is 0 Å². The summed E-state index contributed by atoms with van der Waals surface area (Å²) in [7, 11) is 0. The van der Waals surface area contributed by atoms with E-state index in [-0.39, 0.29) is 11.8 Å². The van der Waals surface area contributed by atoms with Crippen LogP contribution < -0.4 is 5.32 Å². The maximum atomic E-state index is 11.9. The lowest BCUT2D eigenvalue weighted by atomic mass is 10.1. The summed E-state index contributed by atoms with van der Waals surface area (Å²) in [6.45, 7) is 1.86. The average Bonchev–Trinajstić information content (AvgIpc) is 3.00. The van der Waals surface area contributed by atoms with E-state index >= 15 is 0 Å². The Morgan fingerprint density at radius 2 is 2.24 bits per heavy atom. The van der Waals surface area contributed by atoms with Crippen LogP contribution in [0.1, 0.15) is 30.7 Å². The maximum absolute atomic E-state index is 11.9. The molecule has 1 aromatic rings. The van der Waals surface area contributed by atoms with Gasteiger partial charge in [-0.2, -0.15) is 0 Å². The van der Waals surface area contributed by atoms with Gasteiger partial charge >= 0.3 is 5.97 Å². The Morgan fingerprint density at radius 1 is 1.53 bits per heavy atom. The number of thiophene rings is 1. The van der Waals surface area contributed by atoms with Gasteiger partial charge in [0.2, 0.25) is 5.91 Å². The highest BCUT2D eigenvalue weighted by Crippen LogP contribution is 2.37. The lowest BCUT2D eigenvalue weighted by molar-refractivity contribution is -0.142. The second kappa shape index (κ2) is 4.87. The summed E-state index contributed by atoms with van der Waals surface area (Å²) in [4.78, 5) is 23.7. The van der Waals surface area contributed by atoms with Crippen molar-refractivity contribution in [1.82, 2.24) is 5.32 Å². The second-order valence-electron chi connectivity index (χ2n) is 4.42. The number of carboxylic acid groups (broad SMARTS) is 1. The van der Waals surface area contributed by atoms with E-state index in [1.807, 2.05) is 12.3 Å². The van der Waals surface area contributed by atoms with E-state index in [9.17, 15) is 9.59 Å². The van der Waals surface area contributed by atoms with Crippen LogP contribution in [-0.2, 0) is 9.59 Å². The SMILES string of the molecule is CC(C(=O)NC(C(=O)O)c1cccs1)C1CC1. The van der Waals surface area contributed by atoms with Gasteiger partial charge in [0, 0.05) is 10.8 Å². The van der Waals surface area contributed by atoms with Gasteiger partial charge in [0.15, 0.2) is 6.04 Å². The monoisotopic (exact) mass is 253 g/mol. The summed E-state index contributed by atoms with van der Waals surface area (Å²) in [5.41, 5.74) is 0. The van der Waals surface area contributed by atoms with Crippen molar-refractivity contribution >= 4 is 23.2 Å². The summed E-state index contributed by atoms with van der Waals surface area (Å²) in [5.74, 6) is -0.818. The topological polar surface area (TPSA) is 66.4 Å². The zero-order chi connectivity index (χ0) is 12.4. The van der Waals surface area contributed by atoms with E-state index in [1.165, 1.54) is 11.3 Å². The first-order valence-corrected chi connectivity index (χ1v) is 6.54. The first-order valence-electron chi connectivity index (χ1n) is 5.66. The molecular weight excluding hydrogens is 238 g/mol. The minimum atomic E-state index is -1.01. The minimum Gasteiger partial charge on any atom is -0.479 e. The van der Waals surface area contributed by atoms with Crippen molar-refractivity contribution in [3.63, 3.8) is 0 Å². The van der Waals surface area contributed by atoms with E-state index in [1.54, 1.807) is 12.1 Å². The Kier molecular flexibility index (Phi) is 3.47. The van der Waals surface area contributed by atoms with E-state index in [0.717, 1.165) is 12.8 Å². The molecule has 4 nitrogen and oxygen atoms in total. The second-order valence-corrected chi connectivity index (χ2v) is 5.40. The van der Waals surface area contributed by atoms with Crippen LogP contribution in [0, 0.1) is 11.8 Å². The third kappa shape index (κ3) is 2.85. The van der Waals surface area contributed by atoms with Crippen LogP contribution in [0.3, 0.4) is 0 Å². The van der Waals surface area contributed by atoms with Crippen molar-refractivity contribution < 1.29 is 14.7 Å². The number of rotatable bonds is 5. The molecule has 0 saturated heterocycles. The average molecular weight is 253 g/mol. The Bertz CT molecular complexity index is 411. The standard InChI is InChI=1S/C12H15NO3S/c1-7(8-4-5-8)11(14)13-10(12(15)16)9-3-2-6-17-9/h2-3,6-8,10H,4-5H2,1H3,(H,13,14)(H,15,16). The summed E-state index contributed by atoms with van der Waals surface area (Å²) >= 11 is 1.34. The van der Waals surface area contributed by atoms with Gasteiger partial charge in [0.1, 0.15) is 0 Å². The molecule has 1 saturated carbocycles. The van der Waals surface area contributed by atoms with Crippen LogP contribution in [0.4, 0.5) is 0 Å². The van der Waals surface area contributed by atoms with Crippen LogP contribution in [0.2, 0.25) is 0 Å². The predicted molar refractivity (Wildman–Crippen MR) is 64.7 cm³/mol. The van der Waals surface area contributed by atoms with Crippen molar-refractivity contribution in [3.05, 3.63) is 22.4 Å². The van der Waals surface area contributed by atoms with E-state index in [4.69, 9.17) is 5.11 Å². The molecule has 17 heavy (non-hydrogen) atoms. The van der Waals surface area contributed by atoms with Crippen molar-refractivity contribution in [2.45, 2.75) is 25.8 Å². The van der Waals surface area contributed by atoms with E-state index < -0.39 is 12.0 Å². The van der Waals surface area contributed by atoms with Gasteiger partial charge in [-0.05, 0) is 30.2 Å². The molecule has 1 aromatic heterocycles. The molecule has 2 N–H and O–H groups in total. The molecule has 0 bridgehead atoms. The number of amides is 1. The van der Waals surface area contributed by atoms with Crippen molar-refractivity contribution in [1.29, 1.82) is 0 Å². The molecule has 0 aromatic carbocycles. The zero-order valence-corrected chi connectivity index (χ0v) is 10.4. The highest BCUT2D eigenvalue weighted by molar-refractivity contribution is 7.10. The van der Waals surface area contributed by atoms with Crippen LogP contribution in [0.5, 0.6) is 0 Å². The van der Waals surface area contributed by atoms with Crippen LogP contribution in [0.15, 0.2) is 17.5 Å². The number of nitrogens with one attached hydrogen (secondary N) is 1. The molecule has 0 aliphatic heterocycles. The Morgan fingerprint density at radius 3 is 2.71 bits per heavy atom. The zero-order valence-electron chi connectivity index (χ0n) is 9.55. The number of hydrogen-bond acceptors (Lipinski definition) is 3. The number of carbonyl (C=O) groups excluding carboxylic acids is 1. The Balaban J connectivity index is 2.03. The van der Waals surface area contributed by atoms with Crippen molar-refractivity contribution in [3.8, 4) is 0 Å². The summed E-state index contributed by atoms with van der Waals surface area (Å²) in [5, 5.41) is 13.5. The molecule has 5 heteroatoms. The fourth-order valence-electron chi connectivity index (χ4n) is 1.79. The molecule has 0 spiro atoms. The molecule has 2 atom stereocenters. The Hall–Kier alpha value is -1.36. The number of hydrogen-bond donors (Lipinski definition) is 2. The van der Waals surface area contributed by atoms with Gasteiger partial charge in [-0.1, -0.05) is 13.0 Å². The molecule has 1 aliphatic carbocycles. The van der Waals surface area contributed by atoms with Crippen molar-refractivity contribution in [2.24, 2.45) is 11.8 Å². The quantitative estimate of drug-likeness (QED) is 0.843. The fraction of sp³-hybridized carbons (Fsp3) is 0.500. The molecule has 1 amide bonds. The van der Waals surface area contributed by atoms with Gasteiger partial charge in [0.25, 0.3) is 0 Å². The van der Waals surface area contributed by atoms with Gasteiger partial charge in [-0.25, -0.2) is 4.79 Å². The van der Waals surface area contributed by atoms with E-state index in [0.29, 0.717) is 10.8 Å². The van der Waals surface area contributed by atoms with Gasteiger partial charge in [-0.3, -0.25) is 4.79 Å². The molecular formula is C12H15NO3S. The Labute approximate surface area is 104 Å². The number of aliphatic carboxylic acids is 1. The van der Waals surface area contributed by atoms with Crippen molar-refractivity contribution in [2.75, 3.05) is 0 Å². The smallest absolute Gasteiger partial charge is 0.331 e. The summed E-state index contributed by atoms with van der Waals surface area (Å²) in [6.07, 6.45) is 2.15. The minimum absolute atomic E-state index is 0.0863. The highest BCUT2D eigenvalue weighted by atomic mass is 32.1. The van der Waals surface area contributed by atoms with E-state index in [2.05, 4.69) is 5.32 Å². The van der Waals surface area contributed by atoms with Crippen LogP contribution >= 0.6 is 11.3 Å². The third-order valence-corrected chi connectivity index (χ3v) is 4.04. The predicted octanol–water partition coefficient (Wildman–Crippen LogP) is 2.04. The number of carboxylic acids is 1. The largest absolute Gasteiger partial charge is 0.479 e. The molecule has 1 heterocycles. The number of carbonyl (C=O) groups is 2. The summed E-state index contributed by atoms with van der Waals surface area (Å²) in [6, 6.07) is 2.60. The molecule has 1 fully saturated rings. The highest BCUT2D eigenvalue weighted by Gasteiger charge is 2.34. The molecule has 2 unspecified atom stereocenters. The van der Waals surface area contributed by atoms with Gasteiger partial charge in [-0.15, -0.1) is 11.3 Å². The first-order chi connectivity index (χ1) is 8.09. The molecule has 0 radical (unpaired) electrons. The first kappa shape index (κ1) is 12.1. The fourth-order valence-corrected chi connectivity index (χ4v) is 2.56. The molecule has 2 rings (SSSR count).